The van der Waals surface area contributed by atoms with Crippen LogP contribution in [0.3, 0.4) is 0 Å². The summed E-state index contributed by atoms with van der Waals surface area (Å²) >= 11 is 5.94. The minimum atomic E-state index is 0.0194. The lowest BCUT2D eigenvalue weighted by atomic mass is 10.1. The molecule has 1 aromatic carbocycles. The number of amides is 1. The number of unbranched alkanes of at least 4 members (excludes halogenated alkanes) is 1. The lowest BCUT2D eigenvalue weighted by Crippen LogP contribution is -2.34. The molecule has 1 amide bonds. The van der Waals surface area contributed by atoms with Crippen molar-refractivity contribution in [1.82, 2.24) is 4.90 Å². The molecule has 0 atom stereocenters. The van der Waals surface area contributed by atoms with Crippen LogP contribution < -0.4 is 5.73 Å². The van der Waals surface area contributed by atoms with E-state index in [0.717, 1.165) is 32.2 Å². The number of nitrogens with zero attached hydrogens (tertiary/aromatic N) is 1. The van der Waals surface area contributed by atoms with E-state index in [2.05, 4.69) is 6.92 Å². The first-order valence-electron chi connectivity index (χ1n) is 6.49. The molecule has 0 spiro atoms. The summed E-state index contributed by atoms with van der Waals surface area (Å²) in [6, 6.07) is 5.48. The molecular weight excluding hydrogens is 248 g/mol. The van der Waals surface area contributed by atoms with E-state index in [9.17, 15) is 4.79 Å². The summed E-state index contributed by atoms with van der Waals surface area (Å²) in [6.07, 6.45) is 4.33. The SMILES string of the molecule is CCCCN(C(=O)c1cc(Cl)ccc1N)C1CC1. The third kappa shape index (κ3) is 2.96. The number of rotatable bonds is 5. The van der Waals surface area contributed by atoms with Gasteiger partial charge in [-0.3, -0.25) is 4.79 Å². The van der Waals surface area contributed by atoms with Gasteiger partial charge in [0.1, 0.15) is 0 Å². The molecule has 1 aliphatic carbocycles. The zero-order valence-electron chi connectivity index (χ0n) is 10.7. The summed E-state index contributed by atoms with van der Waals surface area (Å²) in [4.78, 5) is 14.4. The van der Waals surface area contributed by atoms with Crippen molar-refractivity contribution >= 4 is 23.2 Å². The molecule has 0 aliphatic heterocycles. The normalized spacial score (nSPS) is 14.6. The Morgan fingerprint density at radius 2 is 2.22 bits per heavy atom. The molecule has 4 heteroatoms. The first-order valence-corrected chi connectivity index (χ1v) is 6.87. The molecule has 1 aliphatic rings. The Bertz CT molecular complexity index is 443. The summed E-state index contributed by atoms with van der Waals surface area (Å²) in [6.45, 7) is 2.94. The lowest BCUT2D eigenvalue weighted by molar-refractivity contribution is 0.0742. The number of hydrogen-bond acceptors (Lipinski definition) is 2. The quantitative estimate of drug-likeness (QED) is 0.831. The van der Waals surface area contributed by atoms with E-state index < -0.39 is 0 Å². The van der Waals surface area contributed by atoms with Gasteiger partial charge < -0.3 is 10.6 Å². The molecule has 0 saturated heterocycles. The molecule has 18 heavy (non-hydrogen) atoms. The van der Waals surface area contributed by atoms with Crippen LogP contribution in [-0.2, 0) is 0 Å². The molecule has 1 fully saturated rings. The summed E-state index contributed by atoms with van der Waals surface area (Å²) in [7, 11) is 0. The van der Waals surface area contributed by atoms with Crippen molar-refractivity contribution in [2.45, 2.75) is 38.6 Å². The summed E-state index contributed by atoms with van der Waals surface area (Å²) in [5, 5.41) is 0.554. The van der Waals surface area contributed by atoms with Crippen LogP contribution >= 0.6 is 11.6 Å². The number of halogens is 1. The van der Waals surface area contributed by atoms with Crippen molar-refractivity contribution in [2.24, 2.45) is 0 Å². The minimum Gasteiger partial charge on any atom is -0.398 e. The second kappa shape index (κ2) is 5.61. The molecule has 0 heterocycles. The van der Waals surface area contributed by atoms with Crippen LogP contribution in [0.15, 0.2) is 18.2 Å². The molecule has 0 bridgehead atoms. The third-order valence-corrected chi connectivity index (χ3v) is 3.48. The Labute approximate surface area is 113 Å². The Hall–Kier alpha value is -1.22. The fraction of sp³-hybridized carbons (Fsp3) is 0.500. The van der Waals surface area contributed by atoms with Gasteiger partial charge in [0, 0.05) is 23.3 Å². The highest BCUT2D eigenvalue weighted by Gasteiger charge is 2.33. The van der Waals surface area contributed by atoms with Crippen LogP contribution in [0.2, 0.25) is 5.02 Å². The smallest absolute Gasteiger partial charge is 0.256 e. The molecule has 2 rings (SSSR count). The van der Waals surface area contributed by atoms with Crippen molar-refractivity contribution in [3.8, 4) is 0 Å². The van der Waals surface area contributed by atoms with Crippen LogP contribution in [0.1, 0.15) is 43.0 Å². The van der Waals surface area contributed by atoms with E-state index in [-0.39, 0.29) is 5.91 Å². The molecule has 0 radical (unpaired) electrons. The van der Waals surface area contributed by atoms with E-state index in [1.54, 1.807) is 18.2 Å². The number of carbonyl (C=O) groups is 1. The van der Waals surface area contributed by atoms with Crippen molar-refractivity contribution in [3.63, 3.8) is 0 Å². The zero-order valence-corrected chi connectivity index (χ0v) is 11.4. The van der Waals surface area contributed by atoms with E-state index in [4.69, 9.17) is 17.3 Å². The van der Waals surface area contributed by atoms with Gasteiger partial charge in [0.15, 0.2) is 0 Å². The van der Waals surface area contributed by atoms with Crippen LogP contribution in [0.5, 0.6) is 0 Å². The van der Waals surface area contributed by atoms with Gasteiger partial charge >= 0.3 is 0 Å². The van der Waals surface area contributed by atoms with Crippen LogP contribution in [0.25, 0.3) is 0 Å². The van der Waals surface area contributed by atoms with Gasteiger partial charge in [-0.2, -0.15) is 0 Å². The van der Waals surface area contributed by atoms with Crippen LogP contribution in [-0.4, -0.2) is 23.4 Å². The third-order valence-electron chi connectivity index (χ3n) is 3.25. The molecule has 98 valence electrons. The highest BCUT2D eigenvalue weighted by molar-refractivity contribution is 6.31. The molecule has 3 nitrogen and oxygen atoms in total. The van der Waals surface area contributed by atoms with Crippen molar-refractivity contribution in [3.05, 3.63) is 28.8 Å². The molecular formula is C14H19ClN2O. The Kier molecular flexibility index (Phi) is 4.12. The maximum Gasteiger partial charge on any atom is 0.256 e. The van der Waals surface area contributed by atoms with Gasteiger partial charge in [-0.25, -0.2) is 0 Å². The number of anilines is 1. The van der Waals surface area contributed by atoms with Crippen LogP contribution in [0.4, 0.5) is 5.69 Å². The minimum absolute atomic E-state index is 0.0194. The predicted octanol–water partition coefficient (Wildman–Crippen LogP) is 3.33. The molecule has 0 unspecified atom stereocenters. The van der Waals surface area contributed by atoms with Gasteiger partial charge in [0.25, 0.3) is 5.91 Å². The molecule has 2 N–H and O–H groups in total. The molecule has 1 aromatic rings. The fourth-order valence-corrected chi connectivity index (χ4v) is 2.21. The second-order valence-corrected chi connectivity index (χ2v) is 5.25. The summed E-state index contributed by atoms with van der Waals surface area (Å²) in [5.41, 5.74) is 6.91. The van der Waals surface area contributed by atoms with E-state index in [0.29, 0.717) is 22.3 Å². The Morgan fingerprint density at radius 3 is 2.83 bits per heavy atom. The average Bonchev–Trinajstić information content (AvgIpc) is 3.17. The van der Waals surface area contributed by atoms with Gasteiger partial charge in [0.2, 0.25) is 0 Å². The van der Waals surface area contributed by atoms with Gasteiger partial charge in [-0.15, -0.1) is 0 Å². The Morgan fingerprint density at radius 1 is 1.50 bits per heavy atom. The standard InChI is InChI=1S/C14H19ClN2O/c1-2-3-8-17(11-5-6-11)14(18)12-9-10(15)4-7-13(12)16/h4,7,9,11H,2-3,5-6,8,16H2,1H3. The van der Waals surface area contributed by atoms with E-state index in [1.165, 1.54) is 0 Å². The summed E-state index contributed by atoms with van der Waals surface area (Å²) < 4.78 is 0. The second-order valence-electron chi connectivity index (χ2n) is 4.81. The Balaban J connectivity index is 2.19. The summed E-state index contributed by atoms with van der Waals surface area (Å²) in [5.74, 6) is 0.0194. The van der Waals surface area contributed by atoms with E-state index >= 15 is 0 Å². The number of nitrogen functional groups attached to an aromatic ring is 1. The van der Waals surface area contributed by atoms with Gasteiger partial charge in [0.05, 0.1) is 5.56 Å². The first-order chi connectivity index (χ1) is 8.63. The monoisotopic (exact) mass is 266 g/mol. The van der Waals surface area contributed by atoms with E-state index in [1.807, 2.05) is 4.90 Å². The van der Waals surface area contributed by atoms with Crippen molar-refractivity contribution in [2.75, 3.05) is 12.3 Å². The zero-order chi connectivity index (χ0) is 13.1. The maximum atomic E-state index is 12.5. The van der Waals surface area contributed by atoms with Crippen LogP contribution in [0, 0.1) is 0 Å². The number of benzene rings is 1. The number of carbonyl (C=O) groups excluding carboxylic acids is 1. The molecule has 1 saturated carbocycles. The fourth-order valence-electron chi connectivity index (χ4n) is 2.03. The van der Waals surface area contributed by atoms with Gasteiger partial charge in [-0.05, 0) is 37.5 Å². The first kappa shape index (κ1) is 13.2. The van der Waals surface area contributed by atoms with Crippen molar-refractivity contribution in [1.29, 1.82) is 0 Å². The highest BCUT2D eigenvalue weighted by Crippen LogP contribution is 2.30. The van der Waals surface area contributed by atoms with Gasteiger partial charge in [-0.1, -0.05) is 24.9 Å². The number of nitrogens with two attached hydrogens (primary N) is 1. The maximum absolute atomic E-state index is 12.5. The molecule has 0 aromatic heterocycles. The number of hydrogen-bond donors (Lipinski definition) is 1. The predicted molar refractivity (Wildman–Crippen MR) is 74.8 cm³/mol. The average molecular weight is 267 g/mol. The largest absolute Gasteiger partial charge is 0.398 e. The lowest BCUT2D eigenvalue weighted by Gasteiger charge is -2.23. The van der Waals surface area contributed by atoms with Crippen molar-refractivity contribution < 1.29 is 4.79 Å². The highest BCUT2D eigenvalue weighted by atomic mass is 35.5. The topological polar surface area (TPSA) is 46.3 Å².